The second-order valence-electron chi connectivity index (χ2n) is 8.97. The molecule has 38 heavy (non-hydrogen) atoms. The number of rotatable bonds is 5. The average molecular weight is 543 g/mol. The lowest BCUT2D eigenvalue weighted by molar-refractivity contribution is -0.137. The number of benzene rings is 1. The van der Waals surface area contributed by atoms with E-state index in [2.05, 4.69) is 20.3 Å². The largest absolute Gasteiger partial charge is 0.461 e. The number of carbonyl (C=O) groups is 2. The van der Waals surface area contributed by atoms with Crippen LogP contribution in [0.3, 0.4) is 0 Å². The lowest BCUT2D eigenvalue weighted by atomic mass is 9.78. The van der Waals surface area contributed by atoms with E-state index in [0.717, 1.165) is 29.6 Å². The van der Waals surface area contributed by atoms with E-state index in [1.807, 2.05) is 0 Å². The van der Waals surface area contributed by atoms with Gasteiger partial charge in [-0.3, -0.25) is 4.79 Å². The fourth-order valence-corrected chi connectivity index (χ4v) is 5.71. The van der Waals surface area contributed by atoms with Gasteiger partial charge in [-0.05, 0) is 61.9 Å². The van der Waals surface area contributed by atoms with Gasteiger partial charge in [-0.1, -0.05) is 0 Å². The van der Waals surface area contributed by atoms with E-state index in [0.29, 0.717) is 57.6 Å². The van der Waals surface area contributed by atoms with Crippen molar-refractivity contribution in [3.63, 3.8) is 0 Å². The summed E-state index contributed by atoms with van der Waals surface area (Å²) in [5.41, 5.74) is 2.78. The number of hydrogen-bond acceptors (Lipinski definition) is 7. The van der Waals surface area contributed by atoms with E-state index in [4.69, 9.17) is 9.15 Å². The van der Waals surface area contributed by atoms with Gasteiger partial charge in [0.2, 0.25) is 0 Å². The van der Waals surface area contributed by atoms with Crippen LogP contribution in [-0.4, -0.2) is 33.3 Å². The van der Waals surface area contributed by atoms with E-state index in [1.165, 1.54) is 6.07 Å². The molecule has 0 saturated carbocycles. The third kappa shape index (κ3) is 4.18. The first-order valence-electron chi connectivity index (χ1n) is 12.0. The Bertz CT molecular complexity index is 1610. The van der Waals surface area contributed by atoms with E-state index < -0.39 is 23.6 Å². The number of ether oxygens (including phenoxy) is 1. The molecule has 3 N–H and O–H groups in total. The molecule has 1 aliphatic heterocycles. The Morgan fingerprint density at radius 1 is 1.24 bits per heavy atom. The number of alkyl halides is 3. The van der Waals surface area contributed by atoms with Gasteiger partial charge in [-0.15, -0.1) is 0 Å². The summed E-state index contributed by atoms with van der Waals surface area (Å²) >= 11 is 1.13. The molecule has 1 unspecified atom stereocenters. The van der Waals surface area contributed by atoms with Gasteiger partial charge in [0.25, 0.3) is 0 Å². The lowest BCUT2D eigenvalue weighted by Crippen LogP contribution is -2.26. The number of allylic oxidation sites excluding steroid dienone is 2. The Balaban J connectivity index is 1.34. The summed E-state index contributed by atoms with van der Waals surface area (Å²) in [6.07, 6.45) is -1.00. The highest BCUT2D eigenvalue weighted by Gasteiger charge is 2.39. The Morgan fingerprint density at radius 2 is 2.08 bits per heavy atom. The maximum atomic E-state index is 13.1. The van der Waals surface area contributed by atoms with Crippen molar-refractivity contribution >= 4 is 40.2 Å². The number of carbonyl (C=O) groups excluding carboxylic acids is 2. The number of fused-ring (bicyclic) bond motifs is 2. The van der Waals surface area contributed by atoms with Gasteiger partial charge in [0.1, 0.15) is 11.5 Å². The van der Waals surface area contributed by atoms with Gasteiger partial charge < -0.3 is 24.4 Å². The maximum absolute atomic E-state index is 13.1. The van der Waals surface area contributed by atoms with Crippen LogP contribution in [-0.2, 0) is 15.7 Å². The number of ketones is 1. The minimum Gasteiger partial charge on any atom is -0.461 e. The number of Topliss-reactive ketones (excluding diaryl/α,β-unsaturated/α-hetero) is 1. The van der Waals surface area contributed by atoms with Crippen LogP contribution in [0, 0.1) is 0 Å². The van der Waals surface area contributed by atoms with Crippen molar-refractivity contribution in [3.8, 4) is 0 Å². The minimum absolute atomic E-state index is 0.0108. The predicted molar refractivity (Wildman–Crippen MR) is 132 cm³/mol. The summed E-state index contributed by atoms with van der Waals surface area (Å²) in [6, 6.07) is 6.83. The average Bonchev–Trinajstić information content (AvgIpc) is 3.60. The fourth-order valence-electron chi connectivity index (χ4n) is 4.94. The summed E-state index contributed by atoms with van der Waals surface area (Å²) in [5, 5.41) is 4.09. The molecule has 2 aliphatic rings. The molecule has 8 nitrogen and oxygen atoms in total. The van der Waals surface area contributed by atoms with Gasteiger partial charge in [-0.25, -0.2) is 9.78 Å². The highest BCUT2D eigenvalue weighted by Crippen LogP contribution is 2.47. The second kappa shape index (κ2) is 9.12. The Hall–Kier alpha value is -3.93. The Kier molecular flexibility index (Phi) is 5.86. The molecule has 0 bridgehead atoms. The molecule has 0 amide bonds. The van der Waals surface area contributed by atoms with Crippen molar-refractivity contribution in [2.45, 2.75) is 48.5 Å². The van der Waals surface area contributed by atoms with Crippen LogP contribution in [0.4, 0.5) is 18.9 Å². The Labute approximate surface area is 218 Å². The summed E-state index contributed by atoms with van der Waals surface area (Å²) in [6.45, 7) is 1.95. The quantitative estimate of drug-likeness (QED) is 0.250. The maximum Gasteiger partial charge on any atom is 0.416 e. The molecule has 4 heterocycles. The molecule has 196 valence electrons. The van der Waals surface area contributed by atoms with Crippen molar-refractivity contribution < 1.29 is 31.9 Å². The van der Waals surface area contributed by atoms with Gasteiger partial charge in [-0.2, -0.15) is 13.2 Å². The minimum atomic E-state index is -4.46. The van der Waals surface area contributed by atoms with Crippen molar-refractivity contribution in [1.82, 2.24) is 15.0 Å². The Morgan fingerprint density at radius 3 is 2.87 bits per heavy atom. The van der Waals surface area contributed by atoms with Gasteiger partial charge >= 0.3 is 12.1 Å². The third-order valence-corrected chi connectivity index (χ3v) is 7.40. The van der Waals surface area contributed by atoms with E-state index >= 15 is 0 Å². The molecule has 1 atom stereocenters. The van der Waals surface area contributed by atoms with Crippen molar-refractivity contribution in [2.75, 3.05) is 11.9 Å². The second-order valence-corrected chi connectivity index (χ2v) is 9.97. The highest BCUT2D eigenvalue weighted by atomic mass is 32.2. The van der Waals surface area contributed by atoms with Crippen LogP contribution in [0.15, 0.2) is 62.5 Å². The van der Waals surface area contributed by atoms with Gasteiger partial charge in [0.05, 0.1) is 34.8 Å². The summed E-state index contributed by atoms with van der Waals surface area (Å²) < 4.78 is 50.5. The highest BCUT2D eigenvalue weighted by molar-refractivity contribution is 7.99. The zero-order valence-corrected chi connectivity index (χ0v) is 20.8. The zero-order chi connectivity index (χ0) is 26.6. The zero-order valence-electron chi connectivity index (χ0n) is 20.0. The number of nitrogens with zero attached hydrogens (tertiary/aromatic N) is 1. The molecular weight excluding hydrogens is 521 g/mol. The van der Waals surface area contributed by atoms with Crippen LogP contribution >= 0.6 is 11.8 Å². The fraction of sp³-hybridized carbons (Fsp3) is 0.269. The van der Waals surface area contributed by atoms with Crippen LogP contribution in [0.1, 0.15) is 59.5 Å². The number of anilines is 1. The number of nitrogens with one attached hydrogen (secondary N) is 3. The van der Waals surface area contributed by atoms with Crippen molar-refractivity contribution in [3.05, 3.63) is 70.4 Å². The molecule has 12 heteroatoms. The first-order chi connectivity index (χ1) is 18.2. The van der Waals surface area contributed by atoms with Gasteiger partial charge in [0, 0.05) is 29.5 Å². The normalized spacial score (nSPS) is 17.4. The molecule has 1 aromatic carbocycles. The standard InChI is InChI=1S/C26H21F3N4O4S/c1-2-36-24(35)23-22-13(11-30-23)20(21-15(31-22)4-3-5-17(21)34)18-8-9-19(37-18)38-25-32-14-7-6-12(26(27,28)29)10-16(14)33-25/h6-11,20,30-31H,2-5H2,1H3,(H,32,33). The van der Waals surface area contributed by atoms with Crippen LogP contribution in [0.25, 0.3) is 11.0 Å². The first-order valence-corrected chi connectivity index (χ1v) is 12.8. The molecule has 0 fully saturated rings. The number of furan rings is 1. The predicted octanol–water partition coefficient (Wildman–Crippen LogP) is 6.40. The smallest absolute Gasteiger partial charge is 0.416 e. The summed E-state index contributed by atoms with van der Waals surface area (Å²) in [7, 11) is 0. The van der Waals surface area contributed by atoms with Crippen molar-refractivity contribution in [1.29, 1.82) is 0 Å². The number of imidazole rings is 1. The number of H-pyrrole nitrogens is 2. The third-order valence-electron chi connectivity index (χ3n) is 6.59. The molecular formula is C26H21F3N4O4S. The SMILES string of the molecule is CCOC(=O)c1[nH]cc2c1NC1=C(C(=O)CCC1)C2c1ccc(Sc2nc3cc(C(F)(F)F)ccc3[nH]2)o1. The molecule has 0 spiro atoms. The first kappa shape index (κ1) is 24.4. The number of hydrogen-bond donors (Lipinski definition) is 3. The number of aromatic amines is 2. The van der Waals surface area contributed by atoms with E-state index in [1.54, 1.807) is 25.3 Å². The number of halogens is 3. The molecule has 3 aromatic heterocycles. The topological polar surface area (TPSA) is 113 Å². The molecule has 0 radical (unpaired) electrons. The lowest BCUT2D eigenvalue weighted by Gasteiger charge is -2.31. The van der Waals surface area contributed by atoms with E-state index in [9.17, 15) is 22.8 Å². The molecule has 1 aliphatic carbocycles. The number of esters is 1. The van der Waals surface area contributed by atoms with Crippen LogP contribution < -0.4 is 5.32 Å². The molecule has 6 rings (SSSR count). The monoisotopic (exact) mass is 542 g/mol. The van der Waals surface area contributed by atoms with Crippen LogP contribution in [0.2, 0.25) is 0 Å². The molecule has 4 aromatic rings. The van der Waals surface area contributed by atoms with Crippen LogP contribution in [0.5, 0.6) is 0 Å². The molecule has 0 saturated heterocycles. The van der Waals surface area contributed by atoms with Crippen molar-refractivity contribution in [2.24, 2.45) is 0 Å². The number of aromatic nitrogens is 3. The van der Waals surface area contributed by atoms with E-state index in [-0.39, 0.29) is 23.6 Å². The summed E-state index contributed by atoms with van der Waals surface area (Å²) in [5.74, 6) is -0.521. The van der Waals surface area contributed by atoms with Gasteiger partial charge in [0.15, 0.2) is 16.0 Å². The summed E-state index contributed by atoms with van der Waals surface area (Å²) in [4.78, 5) is 35.8.